The molecule has 8 heteroatoms. The Balaban J connectivity index is 1.35. The van der Waals surface area contributed by atoms with Crippen LogP contribution in [0.25, 0.3) is 11.0 Å². The molecule has 4 rings (SSSR count). The summed E-state index contributed by atoms with van der Waals surface area (Å²) < 4.78 is 14.0. The molecule has 1 aromatic carbocycles. The molecule has 1 amide bonds. The summed E-state index contributed by atoms with van der Waals surface area (Å²) in [6.45, 7) is 2.84. The van der Waals surface area contributed by atoms with Crippen molar-refractivity contribution >= 4 is 45.3 Å². The van der Waals surface area contributed by atoms with Crippen LogP contribution in [0.1, 0.15) is 12.0 Å². The van der Waals surface area contributed by atoms with Crippen molar-refractivity contribution in [1.82, 2.24) is 19.9 Å². The fourth-order valence-electron chi connectivity index (χ4n) is 3.37. The van der Waals surface area contributed by atoms with Crippen molar-refractivity contribution in [1.29, 1.82) is 0 Å². The van der Waals surface area contributed by atoms with Crippen LogP contribution in [0.3, 0.4) is 0 Å². The first kappa shape index (κ1) is 18.1. The minimum atomic E-state index is -0.253. The number of nitrogens with zero attached hydrogens (tertiary/aromatic N) is 4. The van der Waals surface area contributed by atoms with Crippen LogP contribution in [0.15, 0.2) is 36.7 Å². The highest BCUT2D eigenvalue weighted by Gasteiger charge is 2.23. The maximum absolute atomic E-state index is 13.0. The zero-order valence-corrected chi connectivity index (χ0v) is 16.8. The second kappa shape index (κ2) is 7.79. The molecule has 0 radical (unpaired) electrons. The fourth-order valence-corrected chi connectivity index (χ4v) is 3.94. The third-order valence-electron chi connectivity index (χ3n) is 4.84. The maximum atomic E-state index is 13.0. The molecular formula is C19H19FIN5O. The molecule has 6 nitrogen and oxygen atoms in total. The number of halogens is 2. The molecule has 3 heterocycles. The van der Waals surface area contributed by atoms with Crippen LogP contribution >= 0.6 is 22.6 Å². The van der Waals surface area contributed by atoms with Gasteiger partial charge in [-0.05, 0) is 52.8 Å². The van der Waals surface area contributed by atoms with Gasteiger partial charge in [0.25, 0.3) is 0 Å². The SMILES string of the molecule is O=C(CCc1ccc(F)cc1)N1CCN(c2ncnc3[nH]c(I)cc23)CC1. The number of H-pyrrole nitrogens is 1. The van der Waals surface area contributed by atoms with E-state index in [2.05, 4.69) is 42.4 Å². The zero-order chi connectivity index (χ0) is 18.8. The Morgan fingerprint density at radius 2 is 1.89 bits per heavy atom. The highest BCUT2D eigenvalue weighted by Crippen LogP contribution is 2.25. The number of aromatic nitrogens is 3. The average Bonchev–Trinajstić information content (AvgIpc) is 3.07. The van der Waals surface area contributed by atoms with E-state index in [1.807, 2.05) is 11.0 Å². The second-order valence-corrected chi connectivity index (χ2v) is 7.73. The normalized spacial score (nSPS) is 14.7. The van der Waals surface area contributed by atoms with Gasteiger partial charge >= 0.3 is 0 Å². The van der Waals surface area contributed by atoms with Gasteiger partial charge < -0.3 is 14.8 Å². The number of anilines is 1. The van der Waals surface area contributed by atoms with E-state index in [-0.39, 0.29) is 11.7 Å². The lowest BCUT2D eigenvalue weighted by molar-refractivity contribution is -0.131. The number of carbonyl (C=O) groups excluding carboxylic acids is 1. The summed E-state index contributed by atoms with van der Waals surface area (Å²) in [6.07, 6.45) is 2.65. The summed E-state index contributed by atoms with van der Waals surface area (Å²) in [5, 5.41) is 1.01. The molecule has 1 fully saturated rings. The molecular weight excluding hydrogens is 460 g/mol. The van der Waals surface area contributed by atoms with Crippen molar-refractivity contribution in [3.05, 3.63) is 51.7 Å². The van der Waals surface area contributed by atoms with E-state index in [0.717, 1.165) is 39.2 Å². The second-order valence-electron chi connectivity index (χ2n) is 6.57. The number of fused-ring (bicyclic) bond motifs is 1. The Morgan fingerprint density at radius 3 is 2.63 bits per heavy atom. The molecule has 0 atom stereocenters. The van der Waals surface area contributed by atoms with E-state index in [9.17, 15) is 9.18 Å². The number of piperazine rings is 1. The first-order chi connectivity index (χ1) is 13.1. The Hall–Kier alpha value is -2.23. The molecule has 140 valence electrons. The number of hydrogen-bond acceptors (Lipinski definition) is 4. The minimum Gasteiger partial charge on any atom is -0.352 e. The van der Waals surface area contributed by atoms with Crippen LogP contribution in [-0.2, 0) is 11.2 Å². The number of aromatic amines is 1. The van der Waals surface area contributed by atoms with Crippen LogP contribution in [0.2, 0.25) is 0 Å². The van der Waals surface area contributed by atoms with Crippen LogP contribution < -0.4 is 4.90 Å². The number of nitrogens with one attached hydrogen (secondary N) is 1. The topological polar surface area (TPSA) is 65.1 Å². The van der Waals surface area contributed by atoms with Gasteiger partial charge in [0.1, 0.15) is 23.6 Å². The molecule has 2 aromatic heterocycles. The van der Waals surface area contributed by atoms with Crippen LogP contribution in [0, 0.1) is 9.52 Å². The van der Waals surface area contributed by atoms with E-state index < -0.39 is 0 Å². The molecule has 0 spiro atoms. The molecule has 1 saturated heterocycles. The van der Waals surface area contributed by atoms with Crippen molar-refractivity contribution < 1.29 is 9.18 Å². The highest BCUT2D eigenvalue weighted by molar-refractivity contribution is 14.1. The van der Waals surface area contributed by atoms with Crippen molar-refractivity contribution in [3.63, 3.8) is 0 Å². The monoisotopic (exact) mass is 479 g/mol. The Labute approximate surface area is 169 Å². The predicted octanol–water partition coefficient (Wildman–Crippen LogP) is 2.98. The molecule has 1 N–H and O–H groups in total. The van der Waals surface area contributed by atoms with Crippen molar-refractivity contribution in [2.75, 3.05) is 31.1 Å². The lowest BCUT2D eigenvalue weighted by Gasteiger charge is -2.35. The van der Waals surface area contributed by atoms with Gasteiger partial charge in [-0.3, -0.25) is 4.79 Å². The van der Waals surface area contributed by atoms with Gasteiger partial charge in [0.2, 0.25) is 5.91 Å². The van der Waals surface area contributed by atoms with Crippen molar-refractivity contribution in [2.45, 2.75) is 12.8 Å². The Bertz CT molecular complexity index is 950. The summed E-state index contributed by atoms with van der Waals surface area (Å²) in [4.78, 5) is 28.6. The van der Waals surface area contributed by atoms with Crippen LogP contribution in [0.4, 0.5) is 10.2 Å². The first-order valence-corrected chi connectivity index (χ1v) is 9.94. The molecule has 1 aliphatic heterocycles. The highest BCUT2D eigenvalue weighted by atomic mass is 127. The average molecular weight is 479 g/mol. The summed E-state index contributed by atoms with van der Waals surface area (Å²) in [6, 6.07) is 8.39. The molecule has 27 heavy (non-hydrogen) atoms. The first-order valence-electron chi connectivity index (χ1n) is 8.86. The number of aryl methyl sites for hydroxylation is 1. The van der Waals surface area contributed by atoms with Gasteiger partial charge in [0, 0.05) is 32.6 Å². The number of hydrogen-bond donors (Lipinski definition) is 1. The fraction of sp³-hybridized carbons (Fsp3) is 0.316. The van der Waals surface area contributed by atoms with E-state index in [1.54, 1.807) is 18.5 Å². The van der Waals surface area contributed by atoms with Crippen LogP contribution in [0.5, 0.6) is 0 Å². The van der Waals surface area contributed by atoms with Crippen molar-refractivity contribution in [3.8, 4) is 0 Å². The zero-order valence-electron chi connectivity index (χ0n) is 14.7. The van der Waals surface area contributed by atoms with Gasteiger partial charge in [-0.25, -0.2) is 14.4 Å². The molecule has 0 aliphatic carbocycles. The molecule has 3 aromatic rings. The molecule has 1 aliphatic rings. The summed E-state index contributed by atoms with van der Waals surface area (Å²) >= 11 is 2.23. The van der Waals surface area contributed by atoms with E-state index in [4.69, 9.17) is 0 Å². The van der Waals surface area contributed by atoms with Gasteiger partial charge in [-0.15, -0.1) is 0 Å². The largest absolute Gasteiger partial charge is 0.352 e. The van der Waals surface area contributed by atoms with Gasteiger partial charge in [-0.2, -0.15) is 0 Å². The smallest absolute Gasteiger partial charge is 0.223 e. The van der Waals surface area contributed by atoms with Gasteiger partial charge in [0.05, 0.1) is 9.09 Å². The van der Waals surface area contributed by atoms with Gasteiger partial charge in [-0.1, -0.05) is 12.1 Å². The van der Waals surface area contributed by atoms with Crippen molar-refractivity contribution in [2.24, 2.45) is 0 Å². The number of benzene rings is 1. The predicted molar refractivity (Wildman–Crippen MR) is 110 cm³/mol. The standard InChI is InChI=1S/C19H19FIN5O/c20-14-4-1-13(2-5-14)3-6-17(27)25-7-9-26(10-8-25)19-15-11-16(21)24-18(15)22-12-23-19/h1-2,4-5,11-12H,3,6-10H2,(H,22,23,24). The summed E-state index contributed by atoms with van der Waals surface area (Å²) in [5.74, 6) is 0.803. The van der Waals surface area contributed by atoms with E-state index in [1.165, 1.54) is 12.1 Å². The third-order valence-corrected chi connectivity index (χ3v) is 5.43. The Kier molecular flexibility index (Phi) is 5.24. The quantitative estimate of drug-likeness (QED) is 0.585. The Morgan fingerprint density at radius 1 is 1.15 bits per heavy atom. The summed E-state index contributed by atoms with van der Waals surface area (Å²) in [7, 11) is 0. The summed E-state index contributed by atoms with van der Waals surface area (Å²) in [5.41, 5.74) is 1.82. The van der Waals surface area contributed by atoms with Crippen LogP contribution in [-0.4, -0.2) is 51.9 Å². The number of amides is 1. The third kappa shape index (κ3) is 4.05. The molecule has 0 unspecified atom stereocenters. The van der Waals surface area contributed by atoms with Gasteiger partial charge in [0.15, 0.2) is 0 Å². The van der Waals surface area contributed by atoms with E-state index in [0.29, 0.717) is 25.9 Å². The number of rotatable bonds is 4. The molecule has 0 bridgehead atoms. The maximum Gasteiger partial charge on any atom is 0.223 e. The van der Waals surface area contributed by atoms with E-state index >= 15 is 0 Å². The number of carbonyl (C=O) groups is 1. The molecule has 0 saturated carbocycles. The lowest BCUT2D eigenvalue weighted by Crippen LogP contribution is -2.49. The lowest BCUT2D eigenvalue weighted by atomic mass is 10.1. The minimum absolute atomic E-state index is 0.142.